The second-order valence-electron chi connectivity index (χ2n) is 4.58. The van der Waals surface area contributed by atoms with Gasteiger partial charge < -0.3 is 5.11 Å². The van der Waals surface area contributed by atoms with Crippen molar-refractivity contribution in [1.82, 2.24) is 9.88 Å². The summed E-state index contributed by atoms with van der Waals surface area (Å²) in [5.41, 5.74) is 0. The molecule has 4 nitrogen and oxygen atoms in total. The van der Waals surface area contributed by atoms with Gasteiger partial charge in [0.05, 0.1) is 4.88 Å². The van der Waals surface area contributed by atoms with Gasteiger partial charge in [0.1, 0.15) is 11.0 Å². The smallest absolute Gasteiger partial charge is 0.320 e. The zero-order valence-electron chi connectivity index (χ0n) is 10.3. The van der Waals surface area contributed by atoms with Gasteiger partial charge in [-0.05, 0) is 30.8 Å². The minimum atomic E-state index is -0.708. The quantitative estimate of drug-likeness (QED) is 0.942. The molecule has 3 heterocycles. The molecule has 0 aromatic carbocycles. The number of hydrogen-bond acceptors (Lipinski definition) is 5. The van der Waals surface area contributed by atoms with Gasteiger partial charge >= 0.3 is 5.97 Å². The SMILES string of the molecule is O=C(O)C1CCCN1Cc1cnc(-c2cccs2)s1. The Bertz CT molecular complexity index is 565. The first kappa shape index (κ1) is 12.8. The van der Waals surface area contributed by atoms with E-state index in [2.05, 4.69) is 11.1 Å². The lowest BCUT2D eigenvalue weighted by molar-refractivity contribution is -0.142. The van der Waals surface area contributed by atoms with Crippen LogP contribution in [0, 0.1) is 0 Å². The van der Waals surface area contributed by atoms with E-state index in [1.165, 1.54) is 4.88 Å². The number of aliphatic carboxylic acids is 1. The number of hydrogen-bond donors (Lipinski definition) is 1. The summed E-state index contributed by atoms with van der Waals surface area (Å²) in [7, 11) is 0. The van der Waals surface area contributed by atoms with Crippen LogP contribution in [-0.4, -0.2) is 33.5 Å². The summed E-state index contributed by atoms with van der Waals surface area (Å²) >= 11 is 3.33. The molecular formula is C13H14N2O2S2. The Balaban J connectivity index is 1.72. The van der Waals surface area contributed by atoms with Gasteiger partial charge in [-0.3, -0.25) is 9.69 Å². The molecule has 0 radical (unpaired) electrons. The number of rotatable bonds is 4. The normalized spacial score (nSPS) is 19.9. The Morgan fingerprint density at radius 3 is 3.21 bits per heavy atom. The van der Waals surface area contributed by atoms with Gasteiger partial charge in [-0.2, -0.15) is 0 Å². The molecule has 100 valence electrons. The average molecular weight is 294 g/mol. The molecule has 0 aliphatic carbocycles. The number of carboxylic acids is 1. The van der Waals surface area contributed by atoms with Crippen molar-refractivity contribution < 1.29 is 9.90 Å². The van der Waals surface area contributed by atoms with Crippen LogP contribution in [0.15, 0.2) is 23.7 Å². The molecule has 19 heavy (non-hydrogen) atoms. The van der Waals surface area contributed by atoms with Crippen LogP contribution in [0.3, 0.4) is 0 Å². The standard InChI is InChI=1S/C13H14N2O2S2/c16-13(17)10-3-1-5-15(10)8-9-7-14-12(19-9)11-4-2-6-18-11/h2,4,6-7,10H,1,3,5,8H2,(H,16,17). The van der Waals surface area contributed by atoms with Gasteiger partial charge in [-0.15, -0.1) is 22.7 Å². The zero-order valence-corrected chi connectivity index (χ0v) is 11.9. The van der Waals surface area contributed by atoms with Gasteiger partial charge in [0.2, 0.25) is 0 Å². The molecule has 1 unspecified atom stereocenters. The van der Waals surface area contributed by atoms with E-state index in [0.717, 1.165) is 29.3 Å². The monoisotopic (exact) mass is 294 g/mol. The Labute approximate surface area is 119 Å². The molecule has 0 spiro atoms. The van der Waals surface area contributed by atoms with Crippen LogP contribution in [0.5, 0.6) is 0 Å². The highest BCUT2D eigenvalue weighted by atomic mass is 32.1. The lowest BCUT2D eigenvalue weighted by Crippen LogP contribution is -2.35. The van der Waals surface area contributed by atoms with Crippen LogP contribution in [-0.2, 0) is 11.3 Å². The molecule has 2 aromatic heterocycles. The molecule has 1 aliphatic heterocycles. The average Bonchev–Trinajstić information content (AvgIpc) is 3.09. The molecule has 0 amide bonds. The van der Waals surface area contributed by atoms with Crippen molar-refractivity contribution >= 4 is 28.6 Å². The maximum absolute atomic E-state index is 11.1. The molecule has 0 bridgehead atoms. The van der Waals surface area contributed by atoms with Crippen LogP contribution in [0.25, 0.3) is 9.88 Å². The summed E-state index contributed by atoms with van der Waals surface area (Å²) in [4.78, 5) is 19.9. The fourth-order valence-corrected chi connectivity index (χ4v) is 4.13. The van der Waals surface area contributed by atoms with Gasteiger partial charge in [0.25, 0.3) is 0 Å². The van der Waals surface area contributed by atoms with E-state index in [-0.39, 0.29) is 6.04 Å². The van der Waals surface area contributed by atoms with Crippen molar-refractivity contribution in [3.8, 4) is 9.88 Å². The van der Waals surface area contributed by atoms with E-state index < -0.39 is 5.97 Å². The first-order valence-electron chi connectivity index (χ1n) is 6.19. The molecular weight excluding hydrogens is 280 g/mol. The van der Waals surface area contributed by atoms with E-state index in [1.807, 2.05) is 22.5 Å². The van der Waals surface area contributed by atoms with Crippen LogP contribution < -0.4 is 0 Å². The fourth-order valence-electron chi connectivity index (χ4n) is 2.39. The summed E-state index contributed by atoms with van der Waals surface area (Å²) in [5, 5.41) is 12.2. The number of aromatic nitrogens is 1. The molecule has 1 aliphatic rings. The number of thiophene rings is 1. The third-order valence-corrected chi connectivity index (χ3v) is 5.31. The summed E-state index contributed by atoms with van der Waals surface area (Å²) < 4.78 is 0. The van der Waals surface area contributed by atoms with Crippen molar-refractivity contribution in [3.05, 3.63) is 28.6 Å². The molecule has 1 fully saturated rings. The largest absolute Gasteiger partial charge is 0.480 e. The van der Waals surface area contributed by atoms with E-state index in [4.69, 9.17) is 5.11 Å². The van der Waals surface area contributed by atoms with E-state index in [1.54, 1.807) is 22.7 Å². The highest BCUT2D eigenvalue weighted by Gasteiger charge is 2.30. The molecule has 1 atom stereocenters. The van der Waals surface area contributed by atoms with Crippen LogP contribution >= 0.6 is 22.7 Å². The van der Waals surface area contributed by atoms with Gasteiger partial charge in [-0.1, -0.05) is 6.07 Å². The number of thiazole rings is 1. The Hall–Kier alpha value is -1.24. The third kappa shape index (κ3) is 2.70. The van der Waals surface area contributed by atoms with Gasteiger partial charge in [-0.25, -0.2) is 4.98 Å². The number of carbonyl (C=O) groups is 1. The number of likely N-dealkylation sites (tertiary alicyclic amines) is 1. The fraction of sp³-hybridized carbons (Fsp3) is 0.385. The van der Waals surface area contributed by atoms with Gasteiger partial charge in [0.15, 0.2) is 0 Å². The van der Waals surface area contributed by atoms with Crippen molar-refractivity contribution in [2.45, 2.75) is 25.4 Å². The van der Waals surface area contributed by atoms with Crippen molar-refractivity contribution in [2.75, 3.05) is 6.54 Å². The Morgan fingerprint density at radius 2 is 2.47 bits per heavy atom. The second kappa shape index (κ2) is 5.40. The van der Waals surface area contributed by atoms with E-state index in [9.17, 15) is 4.79 Å². The Kier molecular flexibility index (Phi) is 3.63. The van der Waals surface area contributed by atoms with Crippen LogP contribution in [0.4, 0.5) is 0 Å². The lowest BCUT2D eigenvalue weighted by Gasteiger charge is -2.19. The number of nitrogens with zero attached hydrogens (tertiary/aromatic N) is 2. The maximum atomic E-state index is 11.1. The summed E-state index contributed by atoms with van der Waals surface area (Å²) in [6, 6.07) is 3.75. The first-order chi connectivity index (χ1) is 9.24. The van der Waals surface area contributed by atoms with E-state index >= 15 is 0 Å². The molecule has 0 saturated carbocycles. The molecule has 1 N–H and O–H groups in total. The molecule has 1 saturated heterocycles. The predicted octanol–water partition coefficient (Wildman–Crippen LogP) is 2.92. The summed E-state index contributed by atoms with van der Waals surface area (Å²) in [6.45, 7) is 1.56. The van der Waals surface area contributed by atoms with E-state index in [0.29, 0.717) is 6.54 Å². The summed E-state index contributed by atoms with van der Waals surface area (Å²) in [6.07, 6.45) is 3.59. The van der Waals surface area contributed by atoms with Crippen LogP contribution in [0.2, 0.25) is 0 Å². The van der Waals surface area contributed by atoms with Crippen LogP contribution in [0.1, 0.15) is 17.7 Å². The molecule has 2 aromatic rings. The highest BCUT2D eigenvalue weighted by molar-refractivity contribution is 7.20. The third-order valence-electron chi connectivity index (χ3n) is 3.29. The first-order valence-corrected chi connectivity index (χ1v) is 7.89. The topological polar surface area (TPSA) is 53.4 Å². The minimum Gasteiger partial charge on any atom is -0.480 e. The molecule has 3 rings (SSSR count). The zero-order chi connectivity index (χ0) is 13.2. The minimum absolute atomic E-state index is 0.327. The van der Waals surface area contributed by atoms with Crippen molar-refractivity contribution in [2.24, 2.45) is 0 Å². The highest BCUT2D eigenvalue weighted by Crippen LogP contribution is 2.30. The maximum Gasteiger partial charge on any atom is 0.320 e. The lowest BCUT2D eigenvalue weighted by atomic mass is 10.2. The second-order valence-corrected chi connectivity index (χ2v) is 6.64. The molecule has 6 heteroatoms. The summed E-state index contributed by atoms with van der Waals surface area (Å²) in [5.74, 6) is -0.708. The van der Waals surface area contributed by atoms with Crippen molar-refractivity contribution in [1.29, 1.82) is 0 Å². The number of carboxylic acid groups (broad SMARTS) is 1. The predicted molar refractivity (Wildman–Crippen MR) is 76.5 cm³/mol. The Morgan fingerprint density at radius 1 is 1.58 bits per heavy atom. The van der Waals surface area contributed by atoms with Crippen molar-refractivity contribution in [3.63, 3.8) is 0 Å². The van der Waals surface area contributed by atoms with Gasteiger partial charge in [0, 0.05) is 17.6 Å².